The molecule has 142 valence electrons. The Balaban J connectivity index is 1.96. The monoisotopic (exact) mass is 379 g/mol. The average Bonchev–Trinajstić information content (AvgIpc) is 3.02. The van der Waals surface area contributed by atoms with Crippen LogP contribution < -0.4 is 5.01 Å². The molecule has 0 unspecified atom stereocenters. The first-order valence-corrected chi connectivity index (χ1v) is 10.2. The van der Waals surface area contributed by atoms with E-state index in [2.05, 4.69) is 70.8 Å². The lowest BCUT2D eigenvalue weighted by Gasteiger charge is -2.25. The lowest BCUT2D eigenvalue weighted by Crippen LogP contribution is -2.18. The molecule has 0 saturated heterocycles. The second kappa shape index (κ2) is 7.08. The van der Waals surface area contributed by atoms with Crippen molar-refractivity contribution in [1.82, 2.24) is 4.98 Å². The molecule has 4 heteroatoms. The summed E-state index contributed by atoms with van der Waals surface area (Å²) in [7, 11) is 1.96. The Bertz CT molecular complexity index is 938. The van der Waals surface area contributed by atoms with E-state index in [1.807, 2.05) is 36.5 Å². The molecule has 0 spiro atoms. The molecule has 3 aromatic rings. The minimum Gasteiger partial charge on any atom is -0.242 e. The first kappa shape index (κ1) is 19.6. The molecule has 0 aliphatic carbocycles. The normalized spacial score (nSPS) is 12.9. The summed E-state index contributed by atoms with van der Waals surface area (Å²) in [6.45, 7) is 13.5. The molecule has 2 aromatic carbocycles. The molecule has 0 aliphatic heterocycles. The summed E-state index contributed by atoms with van der Waals surface area (Å²) in [5.41, 5.74) is 4.98. The maximum Gasteiger partial charge on any atom is 0.206 e. The van der Waals surface area contributed by atoms with Crippen molar-refractivity contribution in [3.63, 3.8) is 0 Å². The molecule has 1 aromatic heterocycles. The van der Waals surface area contributed by atoms with Crippen LogP contribution in [0.15, 0.2) is 47.6 Å². The zero-order valence-electron chi connectivity index (χ0n) is 17.4. The predicted molar refractivity (Wildman–Crippen MR) is 119 cm³/mol. The predicted octanol–water partition coefficient (Wildman–Crippen LogP) is 6.36. The Morgan fingerprint density at radius 2 is 1.67 bits per heavy atom. The number of thiazole rings is 1. The van der Waals surface area contributed by atoms with Gasteiger partial charge in [0.25, 0.3) is 0 Å². The zero-order chi connectivity index (χ0) is 19.8. The standard InChI is InChI=1S/C23H29N3S/c1-22(2,3)17-12-13-18(23(4,5)6)16(14-17)15-24-26(7)21-25-19-10-8-9-11-20(19)27-21/h8-15H,1-7H3/b24-15+. The number of nitrogens with zero attached hydrogens (tertiary/aromatic N) is 3. The molecule has 0 N–H and O–H groups in total. The van der Waals surface area contributed by atoms with Crippen LogP contribution in [0.3, 0.4) is 0 Å². The summed E-state index contributed by atoms with van der Waals surface area (Å²) in [6.07, 6.45) is 1.97. The van der Waals surface area contributed by atoms with Gasteiger partial charge in [-0.3, -0.25) is 0 Å². The Kier molecular flexibility index (Phi) is 5.13. The van der Waals surface area contributed by atoms with Gasteiger partial charge in [-0.1, -0.05) is 77.1 Å². The van der Waals surface area contributed by atoms with Crippen molar-refractivity contribution in [2.45, 2.75) is 52.4 Å². The van der Waals surface area contributed by atoms with Gasteiger partial charge in [0.05, 0.1) is 16.4 Å². The largest absolute Gasteiger partial charge is 0.242 e. The minimum absolute atomic E-state index is 0.0617. The van der Waals surface area contributed by atoms with E-state index in [0.29, 0.717) is 0 Å². The quantitative estimate of drug-likeness (QED) is 0.391. The fraction of sp³-hybridized carbons (Fsp3) is 0.391. The van der Waals surface area contributed by atoms with Gasteiger partial charge in [0.15, 0.2) is 0 Å². The third-order valence-corrected chi connectivity index (χ3v) is 5.76. The highest BCUT2D eigenvalue weighted by Crippen LogP contribution is 2.31. The van der Waals surface area contributed by atoms with Crippen molar-refractivity contribution in [3.8, 4) is 0 Å². The summed E-state index contributed by atoms with van der Waals surface area (Å²) in [4.78, 5) is 4.68. The third-order valence-electron chi connectivity index (χ3n) is 4.66. The molecule has 0 fully saturated rings. The van der Waals surface area contributed by atoms with Gasteiger partial charge < -0.3 is 0 Å². The smallest absolute Gasteiger partial charge is 0.206 e. The fourth-order valence-corrected chi connectivity index (χ4v) is 3.90. The van der Waals surface area contributed by atoms with Crippen LogP contribution in [0.5, 0.6) is 0 Å². The Hall–Kier alpha value is -2.20. The molecule has 0 atom stereocenters. The number of anilines is 1. The molecule has 0 aliphatic rings. The molecule has 27 heavy (non-hydrogen) atoms. The van der Waals surface area contributed by atoms with Gasteiger partial charge in [0.1, 0.15) is 0 Å². The van der Waals surface area contributed by atoms with E-state index in [1.165, 1.54) is 21.4 Å². The molecule has 0 radical (unpaired) electrons. The Morgan fingerprint density at radius 3 is 2.30 bits per heavy atom. The van der Waals surface area contributed by atoms with Crippen LogP contribution in [-0.2, 0) is 10.8 Å². The molecule has 0 bridgehead atoms. The van der Waals surface area contributed by atoms with E-state index in [9.17, 15) is 0 Å². The van der Waals surface area contributed by atoms with Crippen LogP contribution in [0, 0.1) is 0 Å². The van der Waals surface area contributed by atoms with E-state index in [1.54, 1.807) is 11.3 Å². The maximum absolute atomic E-state index is 4.71. The van der Waals surface area contributed by atoms with Crippen LogP contribution in [-0.4, -0.2) is 18.2 Å². The van der Waals surface area contributed by atoms with Gasteiger partial charge in [0, 0.05) is 7.05 Å². The van der Waals surface area contributed by atoms with E-state index < -0.39 is 0 Å². The van der Waals surface area contributed by atoms with Crippen molar-refractivity contribution >= 4 is 32.9 Å². The molecular weight excluding hydrogens is 350 g/mol. The summed E-state index contributed by atoms with van der Waals surface area (Å²) in [5.74, 6) is 0. The first-order chi connectivity index (χ1) is 12.6. The molecule has 0 saturated carbocycles. The molecule has 1 heterocycles. The Labute approximate surface area is 166 Å². The highest BCUT2D eigenvalue weighted by molar-refractivity contribution is 7.22. The van der Waals surface area contributed by atoms with Gasteiger partial charge >= 0.3 is 0 Å². The van der Waals surface area contributed by atoms with Crippen LogP contribution in [0.1, 0.15) is 58.2 Å². The first-order valence-electron chi connectivity index (χ1n) is 9.34. The number of benzene rings is 2. The van der Waals surface area contributed by atoms with Crippen LogP contribution in [0.25, 0.3) is 10.2 Å². The topological polar surface area (TPSA) is 28.5 Å². The lowest BCUT2D eigenvalue weighted by atomic mass is 9.79. The number of aromatic nitrogens is 1. The van der Waals surface area contributed by atoms with Gasteiger partial charge in [-0.15, -0.1) is 0 Å². The zero-order valence-corrected chi connectivity index (χ0v) is 18.2. The number of rotatable bonds is 3. The minimum atomic E-state index is 0.0617. The van der Waals surface area contributed by atoms with Gasteiger partial charge in [-0.05, 0) is 45.7 Å². The summed E-state index contributed by atoms with van der Waals surface area (Å²) in [6, 6.07) is 15.0. The van der Waals surface area contributed by atoms with Crippen molar-refractivity contribution < 1.29 is 0 Å². The Morgan fingerprint density at radius 1 is 0.963 bits per heavy atom. The van der Waals surface area contributed by atoms with Crippen LogP contribution in [0.4, 0.5) is 5.13 Å². The molecule has 3 nitrogen and oxygen atoms in total. The van der Waals surface area contributed by atoms with E-state index >= 15 is 0 Å². The maximum atomic E-state index is 4.71. The summed E-state index contributed by atoms with van der Waals surface area (Å²) in [5, 5.41) is 7.48. The average molecular weight is 380 g/mol. The second-order valence-corrected chi connectivity index (χ2v) is 10.0. The third kappa shape index (κ3) is 4.38. The van der Waals surface area contributed by atoms with E-state index in [4.69, 9.17) is 5.10 Å². The highest BCUT2D eigenvalue weighted by atomic mass is 32.1. The fourth-order valence-electron chi connectivity index (χ4n) is 3.02. The van der Waals surface area contributed by atoms with Gasteiger partial charge in [-0.25, -0.2) is 9.99 Å². The summed E-state index contributed by atoms with van der Waals surface area (Å²) < 4.78 is 1.18. The van der Waals surface area contributed by atoms with Crippen LogP contribution in [0.2, 0.25) is 0 Å². The summed E-state index contributed by atoms with van der Waals surface area (Å²) >= 11 is 1.66. The van der Waals surface area contributed by atoms with E-state index in [-0.39, 0.29) is 10.8 Å². The number of para-hydroxylation sites is 1. The van der Waals surface area contributed by atoms with Crippen molar-refractivity contribution in [2.75, 3.05) is 12.1 Å². The molecular formula is C23H29N3S. The van der Waals surface area contributed by atoms with Gasteiger partial charge in [-0.2, -0.15) is 5.10 Å². The number of hydrogen-bond acceptors (Lipinski definition) is 4. The van der Waals surface area contributed by atoms with Crippen LogP contribution >= 0.6 is 11.3 Å². The highest BCUT2D eigenvalue weighted by Gasteiger charge is 2.21. The number of hydrogen-bond donors (Lipinski definition) is 0. The van der Waals surface area contributed by atoms with Crippen molar-refractivity contribution in [2.24, 2.45) is 5.10 Å². The second-order valence-electron chi connectivity index (χ2n) is 9.03. The van der Waals surface area contributed by atoms with Crippen molar-refractivity contribution in [3.05, 3.63) is 59.2 Å². The number of hydrazone groups is 1. The van der Waals surface area contributed by atoms with Crippen molar-refractivity contribution in [1.29, 1.82) is 0 Å². The molecule has 0 amide bonds. The number of fused-ring (bicyclic) bond motifs is 1. The van der Waals surface area contributed by atoms with E-state index in [0.717, 1.165) is 10.6 Å². The van der Waals surface area contributed by atoms with Gasteiger partial charge in [0.2, 0.25) is 5.13 Å². The lowest BCUT2D eigenvalue weighted by molar-refractivity contribution is 0.576. The molecule has 3 rings (SSSR count). The SMILES string of the molecule is CN(/N=C/c1cc(C(C)(C)C)ccc1C(C)(C)C)c1nc2ccccc2s1.